The minimum Gasteiger partial charge on any atom is -0.507 e. The van der Waals surface area contributed by atoms with Crippen molar-refractivity contribution in [3.05, 3.63) is 23.3 Å². The molecule has 0 bridgehead atoms. The molecule has 1 atom stereocenters. The molecule has 0 spiro atoms. The molecular formula is C10H14O3. The minimum atomic E-state index is -0.662. The largest absolute Gasteiger partial charge is 0.507 e. The molecule has 1 aromatic carbocycles. The normalized spacial score (nSPS) is 12.6. The lowest BCUT2D eigenvalue weighted by Gasteiger charge is -2.12. The smallest absolute Gasteiger partial charge is 0.127 e. The van der Waals surface area contributed by atoms with Crippen molar-refractivity contribution in [1.29, 1.82) is 0 Å². The lowest BCUT2D eigenvalue weighted by atomic mass is 10.1. The van der Waals surface area contributed by atoms with Crippen molar-refractivity contribution >= 4 is 0 Å². The zero-order chi connectivity index (χ0) is 10.0. The number of rotatable bonds is 2. The Bertz CT molecular complexity index is 305. The van der Waals surface area contributed by atoms with E-state index in [9.17, 15) is 10.2 Å². The van der Waals surface area contributed by atoms with Crippen LogP contribution in [0.3, 0.4) is 0 Å². The van der Waals surface area contributed by atoms with Crippen molar-refractivity contribution in [3.63, 3.8) is 0 Å². The maximum Gasteiger partial charge on any atom is 0.127 e. The number of aliphatic hydroxyl groups is 1. The van der Waals surface area contributed by atoms with E-state index in [1.54, 1.807) is 33.1 Å². The van der Waals surface area contributed by atoms with Crippen molar-refractivity contribution in [2.24, 2.45) is 0 Å². The number of phenols is 1. The molecule has 0 fully saturated rings. The fraction of sp³-hybridized carbons (Fsp3) is 0.400. The van der Waals surface area contributed by atoms with Crippen LogP contribution in [0.25, 0.3) is 0 Å². The SMILES string of the molecule is COc1ccc(C(C)O)c(O)c1C. The Balaban J connectivity index is 3.23. The summed E-state index contributed by atoms with van der Waals surface area (Å²) >= 11 is 0. The highest BCUT2D eigenvalue weighted by atomic mass is 16.5. The minimum absolute atomic E-state index is 0.106. The van der Waals surface area contributed by atoms with Crippen molar-refractivity contribution in [2.45, 2.75) is 20.0 Å². The second-order valence-electron chi connectivity index (χ2n) is 3.01. The third-order valence-corrected chi connectivity index (χ3v) is 2.08. The quantitative estimate of drug-likeness (QED) is 0.732. The number of hydrogen-bond donors (Lipinski definition) is 2. The van der Waals surface area contributed by atoms with Gasteiger partial charge in [-0.2, -0.15) is 0 Å². The molecule has 0 aromatic heterocycles. The molecule has 1 rings (SSSR count). The fourth-order valence-electron chi connectivity index (χ4n) is 1.26. The van der Waals surface area contributed by atoms with Crippen LogP contribution in [0.5, 0.6) is 11.5 Å². The topological polar surface area (TPSA) is 49.7 Å². The molecule has 3 nitrogen and oxygen atoms in total. The second kappa shape index (κ2) is 3.66. The van der Waals surface area contributed by atoms with E-state index in [4.69, 9.17) is 4.74 Å². The summed E-state index contributed by atoms with van der Waals surface area (Å²) in [7, 11) is 1.55. The van der Waals surface area contributed by atoms with Crippen LogP contribution in [0, 0.1) is 6.92 Å². The first-order chi connectivity index (χ1) is 6.07. The number of aliphatic hydroxyl groups excluding tert-OH is 1. The molecule has 0 heterocycles. The van der Waals surface area contributed by atoms with E-state index in [0.717, 1.165) is 0 Å². The molecule has 1 unspecified atom stereocenters. The van der Waals surface area contributed by atoms with Crippen LogP contribution < -0.4 is 4.74 Å². The number of ether oxygens (including phenoxy) is 1. The molecule has 1 aromatic rings. The summed E-state index contributed by atoms with van der Waals surface area (Å²) in [5.41, 5.74) is 1.18. The van der Waals surface area contributed by atoms with Crippen molar-refractivity contribution in [3.8, 4) is 11.5 Å². The number of hydrogen-bond acceptors (Lipinski definition) is 3. The highest BCUT2D eigenvalue weighted by molar-refractivity contribution is 5.48. The van der Waals surface area contributed by atoms with Gasteiger partial charge in [-0.1, -0.05) is 0 Å². The lowest BCUT2D eigenvalue weighted by Crippen LogP contribution is -1.95. The van der Waals surface area contributed by atoms with E-state index >= 15 is 0 Å². The monoisotopic (exact) mass is 182 g/mol. The van der Waals surface area contributed by atoms with Gasteiger partial charge in [0, 0.05) is 11.1 Å². The van der Waals surface area contributed by atoms with Gasteiger partial charge in [-0.3, -0.25) is 0 Å². The standard InChI is InChI=1S/C10H14O3/c1-6-9(13-3)5-4-8(7(2)11)10(6)12/h4-5,7,11-12H,1-3H3. The van der Waals surface area contributed by atoms with Crippen LogP contribution in [0.1, 0.15) is 24.2 Å². The molecule has 0 aliphatic carbocycles. The predicted octanol–water partition coefficient (Wildman–Crippen LogP) is 1.76. The van der Waals surface area contributed by atoms with E-state index in [0.29, 0.717) is 16.9 Å². The first-order valence-electron chi connectivity index (χ1n) is 4.12. The number of methoxy groups -OCH3 is 1. The fourth-order valence-corrected chi connectivity index (χ4v) is 1.26. The Morgan fingerprint density at radius 2 is 2.00 bits per heavy atom. The molecule has 0 amide bonds. The van der Waals surface area contributed by atoms with Gasteiger partial charge in [0.2, 0.25) is 0 Å². The number of aromatic hydroxyl groups is 1. The first kappa shape index (κ1) is 9.86. The van der Waals surface area contributed by atoms with Gasteiger partial charge in [-0.25, -0.2) is 0 Å². The molecule has 2 N–H and O–H groups in total. The maximum absolute atomic E-state index is 9.64. The van der Waals surface area contributed by atoms with Gasteiger partial charge in [0.1, 0.15) is 11.5 Å². The molecule has 0 aliphatic rings. The average molecular weight is 182 g/mol. The van der Waals surface area contributed by atoms with Crippen LogP contribution in [-0.2, 0) is 0 Å². The summed E-state index contributed by atoms with van der Waals surface area (Å²) in [4.78, 5) is 0. The van der Waals surface area contributed by atoms with E-state index in [1.165, 1.54) is 0 Å². The Morgan fingerprint density at radius 3 is 2.46 bits per heavy atom. The van der Waals surface area contributed by atoms with Crippen molar-refractivity contribution < 1.29 is 14.9 Å². The van der Waals surface area contributed by atoms with E-state index in [2.05, 4.69) is 0 Å². The van der Waals surface area contributed by atoms with Crippen molar-refractivity contribution in [1.82, 2.24) is 0 Å². The zero-order valence-corrected chi connectivity index (χ0v) is 8.03. The summed E-state index contributed by atoms with van der Waals surface area (Å²) < 4.78 is 5.02. The first-order valence-corrected chi connectivity index (χ1v) is 4.12. The molecule has 3 heteroatoms. The Morgan fingerprint density at radius 1 is 1.38 bits per heavy atom. The van der Waals surface area contributed by atoms with Gasteiger partial charge in [0.05, 0.1) is 13.2 Å². The third kappa shape index (κ3) is 1.75. The lowest BCUT2D eigenvalue weighted by molar-refractivity contribution is 0.194. The molecule has 72 valence electrons. The van der Waals surface area contributed by atoms with E-state index < -0.39 is 6.10 Å². The Labute approximate surface area is 77.6 Å². The van der Waals surface area contributed by atoms with Gasteiger partial charge in [-0.15, -0.1) is 0 Å². The molecule has 0 saturated carbocycles. The van der Waals surface area contributed by atoms with Gasteiger partial charge in [-0.05, 0) is 26.0 Å². The van der Waals surface area contributed by atoms with Crippen LogP contribution in [0.4, 0.5) is 0 Å². The predicted molar refractivity (Wildman–Crippen MR) is 50.0 cm³/mol. The van der Waals surface area contributed by atoms with Gasteiger partial charge < -0.3 is 14.9 Å². The van der Waals surface area contributed by atoms with E-state index in [1.807, 2.05) is 0 Å². The summed E-state index contributed by atoms with van der Waals surface area (Å²) in [5, 5.41) is 18.9. The molecular weight excluding hydrogens is 168 g/mol. The molecule has 0 radical (unpaired) electrons. The third-order valence-electron chi connectivity index (χ3n) is 2.08. The summed E-state index contributed by atoms with van der Waals surface area (Å²) in [6.45, 7) is 3.36. The average Bonchev–Trinajstić information content (AvgIpc) is 2.09. The maximum atomic E-state index is 9.64. The highest BCUT2D eigenvalue weighted by Crippen LogP contribution is 2.33. The zero-order valence-electron chi connectivity index (χ0n) is 8.03. The Kier molecular flexibility index (Phi) is 2.78. The summed E-state index contributed by atoms with van der Waals surface area (Å²) in [6, 6.07) is 3.39. The molecule has 13 heavy (non-hydrogen) atoms. The van der Waals surface area contributed by atoms with Gasteiger partial charge in [0.15, 0.2) is 0 Å². The summed E-state index contributed by atoms with van der Waals surface area (Å²) in [6.07, 6.45) is -0.662. The molecule has 0 saturated heterocycles. The second-order valence-corrected chi connectivity index (χ2v) is 3.01. The Hall–Kier alpha value is -1.22. The van der Waals surface area contributed by atoms with Gasteiger partial charge >= 0.3 is 0 Å². The van der Waals surface area contributed by atoms with Gasteiger partial charge in [0.25, 0.3) is 0 Å². The van der Waals surface area contributed by atoms with Crippen LogP contribution in [0.2, 0.25) is 0 Å². The summed E-state index contributed by atoms with van der Waals surface area (Å²) in [5.74, 6) is 0.733. The van der Waals surface area contributed by atoms with Crippen molar-refractivity contribution in [2.75, 3.05) is 7.11 Å². The number of benzene rings is 1. The highest BCUT2D eigenvalue weighted by Gasteiger charge is 2.12. The number of phenolic OH excluding ortho intramolecular Hbond substituents is 1. The van der Waals surface area contributed by atoms with Crippen LogP contribution >= 0.6 is 0 Å². The van der Waals surface area contributed by atoms with Crippen LogP contribution in [0.15, 0.2) is 12.1 Å². The van der Waals surface area contributed by atoms with Crippen LogP contribution in [-0.4, -0.2) is 17.3 Å². The molecule has 0 aliphatic heterocycles. The van der Waals surface area contributed by atoms with E-state index in [-0.39, 0.29) is 5.75 Å².